The van der Waals surface area contributed by atoms with Crippen LogP contribution >= 0.6 is 0 Å². The van der Waals surface area contributed by atoms with Crippen molar-refractivity contribution in [2.24, 2.45) is 5.92 Å². The summed E-state index contributed by atoms with van der Waals surface area (Å²) in [5.41, 5.74) is 0. The molecule has 16 heavy (non-hydrogen) atoms. The van der Waals surface area contributed by atoms with E-state index >= 15 is 0 Å². The van der Waals surface area contributed by atoms with Crippen LogP contribution in [0, 0.1) is 5.92 Å². The van der Waals surface area contributed by atoms with Crippen LogP contribution < -0.4 is 5.32 Å². The molecule has 0 spiro atoms. The van der Waals surface area contributed by atoms with Gasteiger partial charge in [-0.1, -0.05) is 19.8 Å². The lowest BCUT2D eigenvalue weighted by Crippen LogP contribution is -2.46. The maximum absolute atomic E-state index is 12.1. The Hall–Kier alpha value is -0.570. The van der Waals surface area contributed by atoms with Gasteiger partial charge in [-0.15, -0.1) is 0 Å². The van der Waals surface area contributed by atoms with Gasteiger partial charge in [0.1, 0.15) is 0 Å². The van der Waals surface area contributed by atoms with Gasteiger partial charge in [0.15, 0.2) is 0 Å². The molecule has 0 aromatic heterocycles. The molecule has 2 saturated heterocycles. The van der Waals surface area contributed by atoms with Gasteiger partial charge >= 0.3 is 0 Å². The Labute approximate surface area is 98.6 Å². The van der Waals surface area contributed by atoms with Gasteiger partial charge in [-0.2, -0.15) is 0 Å². The molecule has 92 valence electrons. The van der Waals surface area contributed by atoms with Gasteiger partial charge in [0.2, 0.25) is 5.91 Å². The fourth-order valence-electron chi connectivity index (χ4n) is 2.97. The Morgan fingerprint density at radius 2 is 2.06 bits per heavy atom. The number of carbonyl (C=O) groups is 1. The molecule has 0 aromatic rings. The highest BCUT2D eigenvalue weighted by atomic mass is 16.2. The van der Waals surface area contributed by atoms with Crippen LogP contribution in [-0.2, 0) is 4.79 Å². The van der Waals surface area contributed by atoms with Crippen LogP contribution in [0.5, 0.6) is 0 Å². The van der Waals surface area contributed by atoms with Crippen molar-refractivity contribution in [2.45, 2.75) is 51.5 Å². The second-order valence-corrected chi connectivity index (χ2v) is 5.21. The smallest absolute Gasteiger partial charge is 0.239 e. The molecule has 2 aliphatic rings. The zero-order valence-corrected chi connectivity index (χ0v) is 10.4. The largest absolute Gasteiger partial charge is 0.341 e. The summed E-state index contributed by atoms with van der Waals surface area (Å²) in [5, 5.41) is 3.30. The fourth-order valence-corrected chi connectivity index (χ4v) is 2.97. The first-order valence-corrected chi connectivity index (χ1v) is 6.83. The van der Waals surface area contributed by atoms with E-state index in [2.05, 4.69) is 17.1 Å². The average Bonchev–Trinajstić information content (AvgIpc) is 2.83. The quantitative estimate of drug-likeness (QED) is 0.792. The van der Waals surface area contributed by atoms with Crippen molar-refractivity contribution in [3.63, 3.8) is 0 Å². The second-order valence-electron chi connectivity index (χ2n) is 5.21. The summed E-state index contributed by atoms with van der Waals surface area (Å²) in [4.78, 5) is 14.2. The predicted molar refractivity (Wildman–Crippen MR) is 65.2 cm³/mol. The molecule has 2 aliphatic heterocycles. The van der Waals surface area contributed by atoms with Gasteiger partial charge in [0, 0.05) is 13.1 Å². The lowest BCUT2D eigenvalue weighted by atomic mass is 9.92. The first-order chi connectivity index (χ1) is 7.81. The molecule has 0 bridgehead atoms. The third-order valence-corrected chi connectivity index (χ3v) is 3.98. The molecule has 1 atom stereocenters. The second kappa shape index (κ2) is 5.67. The van der Waals surface area contributed by atoms with Crippen molar-refractivity contribution in [3.8, 4) is 0 Å². The predicted octanol–water partition coefficient (Wildman–Crippen LogP) is 1.78. The molecule has 3 heteroatoms. The molecule has 2 rings (SSSR count). The molecule has 2 heterocycles. The molecular formula is C13H24N2O. The number of hydrogen-bond donors (Lipinski definition) is 1. The third-order valence-electron chi connectivity index (χ3n) is 3.98. The zero-order valence-electron chi connectivity index (χ0n) is 10.4. The maximum Gasteiger partial charge on any atom is 0.239 e. The molecule has 2 fully saturated rings. The van der Waals surface area contributed by atoms with Gasteiger partial charge in [0.05, 0.1) is 6.04 Å². The standard InChI is InChI=1S/C13H24N2O/c1-2-4-11-6-9-15(10-7-11)13(16)12-5-3-8-14-12/h11-12,14H,2-10H2,1H3/t12-/m1/s1. The van der Waals surface area contributed by atoms with Crippen LogP contribution in [0.2, 0.25) is 0 Å². The monoisotopic (exact) mass is 224 g/mol. The van der Waals surface area contributed by atoms with Crippen LogP contribution in [0.1, 0.15) is 45.4 Å². The highest BCUT2D eigenvalue weighted by Gasteiger charge is 2.29. The average molecular weight is 224 g/mol. The fraction of sp³-hybridized carbons (Fsp3) is 0.923. The van der Waals surface area contributed by atoms with Gasteiger partial charge in [-0.05, 0) is 38.1 Å². The number of nitrogens with zero attached hydrogens (tertiary/aromatic N) is 1. The molecular weight excluding hydrogens is 200 g/mol. The summed E-state index contributed by atoms with van der Waals surface area (Å²) < 4.78 is 0. The van der Waals surface area contributed by atoms with E-state index in [1.165, 1.54) is 25.7 Å². The van der Waals surface area contributed by atoms with E-state index in [1.54, 1.807) is 0 Å². The summed E-state index contributed by atoms with van der Waals surface area (Å²) in [6.07, 6.45) is 7.24. The first kappa shape index (κ1) is 11.9. The van der Waals surface area contributed by atoms with Gasteiger partial charge in [-0.3, -0.25) is 4.79 Å². The number of piperidine rings is 1. The highest BCUT2D eigenvalue weighted by molar-refractivity contribution is 5.82. The Bertz CT molecular complexity index is 228. The Kier molecular flexibility index (Phi) is 4.22. The number of hydrogen-bond acceptors (Lipinski definition) is 2. The number of likely N-dealkylation sites (tertiary alicyclic amines) is 1. The minimum absolute atomic E-state index is 0.128. The summed E-state index contributed by atoms with van der Waals surface area (Å²) in [7, 11) is 0. The van der Waals surface area contributed by atoms with Gasteiger partial charge in [-0.25, -0.2) is 0 Å². The first-order valence-electron chi connectivity index (χ1n) is 6.83. The number of nitrogens with one attached hydrogen (secondary N) is 1. The summed E-state index contributed by atoms with van der Waals surface area (Å²) >= 11 is 0. The maximum atomic E-state index is 12.1. The lowest BCUT2D eigenvalue weighted by molar-refractivity contribution is -0.134. The van der Waals surface area contributed by atoms with Crippen LogP contribution in [0.3, 0.4) is 0 Å². The number of amides is 1. The SMILES string of the molecule is CCCC1CCN(C(=O)[C@H]2CCCN2)CC1. The molecule has 0 radical (unpaired) electrons. The molecule has 0 unspecified atom stereocenters. The summed E-state index contributed by atoms with van der Waals surface area (Å²) in [6, 6.07) is 0.128. The molecule has 1 N–H and O–H groups in total. The third kappa shape index (κ3) is 2.76. The Morgan fingerprint density at radius 3 is 2.62 bits per heavy atom. The zero-order chi connectivity index (χ0) is 11.4. The molecule has 0 aliphatic carbocycles. The van der Waals surface area contributed by atoms with Gasteiger partial charge < -0.3 is 10.2 Å². The topological polar surface area (TPSA) is 32.3 Å². The van der Waals surface area contributed by atoms with E-state index in [0.717, 1.165) is 38.4 Å². The van der Waals surface area contributed by atoms with Crippen molar-refractivity contribution in [1.82, 2.24) is 10.2 Å². The molecule has 0 saturated carbocycles. The Balaban J connectivity index is 1.77. The summed E-state index contributed by atoms with van der Waals surface area (Å²) in [6.45, 7) is 5.24. The van der Waals surface area contributed by atoms with E-state index in [1.807, 2.05) is 0 Å². The van der Waals surface area contributed by atoms with E-state index < -0.39 is 0 Å². The minimum atomic E-state index is 0.128. The van der Waals surface area contributed by atoms with E-state index in [9.17, 15) is 4.79 Å². The molecule has 0 aromatic carbocycles. The van der Waals surface area contributed by atoms with Crippen molar-refractivity contribution < 1.29 is 4.79 Å². The number of carbonyl (C=O) groups excluding carboxylic acids is 1. The van der Waals surface area contributed by atoms with Crippen molar-refractivity contribution in [3.05, 3.63) is 0 Å². The number of rotatable bonds is 3. The molecule has 3 nitrogen and oxygen atoms in total. The van der Waals surface area contributed by atoms with E-state index in [0.29, 0.717) is 5.91 Å². The van der Waals surface area contributed by atoms with Gasteiger partial charge in [0.25, 0.3) is 0 Å². The normalized spacial score (nSPS) is 27.3. The minimum Gasteiger partial charge on any atom is -0.341 e. The van der Waals surface area contributed by atoms with Crippen LogP contribution in [0.15, 0.2) is 0 Å². The van der Waals surface area contributed by atoms with Crippen molar-refractivity contribution in [1.29, 1.82) is 0 Å². The van der Waals surface area contributed by atoms with Crippen LogP contribution in [0.4, 0.5) is 0 Å². The Morgan fingerprint density at radius 1 is 1.31 bits per heavy atom. The van der Waals surface area contributed by atoms with Crippen LogP contribution in [0.25, 0.3) is 0 Å². The summed E-state index contributed by atoms with van der Waals surface area (Å²) in [5.74, 6) is 1.22. The van der Waals surface area contributed by atoms with E-state index in [4.69, 9.17) is 0 Å². The van der Waals surface area contributed by atoms with E-state index in [-0.39, 0.29) is 6.04 Å². The van der Waals surface area contributed by atoms with Crippen molar-refractivity contribution >= 4 is 5.91 Å². The van der Waals surface area contributed by atoms with Crippen LogP contribution in [-0.4, -0.2) is 36.5 Å². The lowest BCUT2D eigenvalue weighted by Gasteiger charge is -2.33. The molecule has 1 amide bonds. The van der Waals surface area contributed by atoms with Crippen molar-refractivity contribution in [2.75, 3.05) is 19.6 Å². The highest BCUT2D eigenvalue weighted by Crippen LogP contribution is 2.22.